The number of halogens is 1. The molecule has 0 bridgehead atoms. The number of hydrogen-bond donors (Lipinski definition) is 2. The van der Waals surface area contributed by atoms with Gasteiger partial charge in [0, 0.05) is 22.7 Å². The minimum atomic E-state index is -0.430. The number of rotatable bonds is 2. The highest BCUT2D eigenvalue weighted by molar-refractivity contribution is 6.06. The molecule has 0 saturated heterocycles. The van der Waals surface area contributed by atoms with Crippen molar-refractivity contribution < 1.29 is 9.18 Å². The molecule has 2 N–H and O–H groups in total. The Morgan fingerprint density at radius 1 is 1.15 bits per heavy atom. The fourth-order valence-corrected chi connectivity index (χ4v) is 2.11. The van der Waals surface area contributed by atoms with Crippen LogP contribution in [0, 0.1) is 12.7 Å². The second-order valence-corrected chi connectivity index (χ2v) is 4.72. The number of aromatic amines is 1. The molecule has 1 aromatic heterocycles. The van der Waals surface area contributed by atoms with Gasteiger partial charge in [-0.1, -0.05) is 6.07 Å². The molecule has 1 heterocycles. The highest BCUT2D eigenvalue weighted by Gasteiger charge is 2.10. The summed E-state index contributed by atoms with van der Waals surface area (Å²) in [7, 11) is 0. The standard InChI is InChI=1S/C16H13FN2O/c1-10-2-4-15(13(17)8-10)19-16(20)12-3-5-14-11(9-12)6-7-18-14/h2-9,18H,1H3,(H,19,20). The highest BCUT2D eigenvalue weighted by atomic mass is 19.1. The van der Waals surface area contributed by atoms with Gasteiger partial charge in [0.15, 0.2) is 0 Å². The van der Waals surface area contributed by atoms with Crippen molar-refractivity contribution in [3.8, 4) is 0 Å². The maximum atomic E-state index is 13.7. The van der Waals surface area contributed by atoms with Gasteiger partial charge in [0.1, 0.15) is 5.82 Å². The zero-order valence-corrected chi connectivity index (χ0v) is 10.9. The summed E-state index contributed by atoms with van der Waals surface area (Å²) < 4.78 is 13.7. The molecule has 0 aliphatic heterocycles. The third-order valence-corrected chi connectivity index (χ3v) is 3.19. The summed E-state index contributed by atoms with van der Waals surface area (Å²) in [6, 6.07) is 11.9. The van der Waals surface area contributed by atoms with E-state index < -0.39 is 5.82 Å². The predicted molar refractivity (Wildman–Crippen MR) is 77.4 cm³/mol. The molecule has 0 spiro atoms. The number of nitrogens with one attached hydrogen (secondary N) is 2. The largest absolute Gasteiger partial charge is 0.361 e. The number of aromatic nitrogens is 1. The van der Waals surface area contributed by atoms with Crippen molar-refractivity contribution in [2.24, 2.45) is 0 Å². The van der Waals surface area contributed by atoms with Gasteiger partial charge >= 0.3 is 0 Å². The Hall–Kier alpha value is -2.62. The summed E-state index contributed by atoms with van der Waals surface area (Å²) in [4.78, 5) is 15.2. The average Bonchev–Trinajstić information content (AvgIpc) is 2.89. The van der Waals surface area contributed by atoms with Crippen LogP contribution >= 0.6 is 0 Å². The first-order chi connectivity index (χ1) is 9.63. The molecule has 4 heteroatoms. The quantitative estimate of drug-likeness (QED) is 0.728. The maximum absolute atomic E-state index is 13.7. The SMILES string of the molecule is Cc1ccc(NC(=O)c2ccc3[nH]ccc3c2)c(F)c1. The Bertz CT molecular complexity index is 792. The Labute approximate surface area is 115 Å². The first kappa shape index (κ1) is 12.4. The average molecular weight is 268 g/mol. The van der Waals surface area contributed by atoms with Crippen molar-refractivity contribution in [3.63, 3.8) is 0 Å². The lowest BCUT2D eigenvalue weighted by Crippen LogP contribution is -2.12. The van der Waals surface area contributed by atoms with E-state index in [-0.39, 0.29) is 11.6 Å². The Kier molecular flexibility index (Phi) is 2.99. The Morgan fingerprint density at radius 3 is 2.80 bits per heavy atom. The van der Waals surface area contributed by atoms with Crippen LogP contribution in [0.3, 0.4) is 0 Å². The van der Waals surface area contributed by atoms with Crippen LogP contribution in [0.4, 0.5) is 10.1 Å². The number of H-pyrrole nitrogens is 1. The van der Waals surface area contributed by atoms with Gasteiger partial charge in [0.05, 0.1) is 5.69 Å². The van der Waals surface area contributed by atoms with E-state index in [1.807, 2.05) is 18.3 Å². The molecular weight excluding hydrogens is 255 g/mol. The molecule has 0 aliphatic carbocycles. The van der Waals surface area contributed by atoms with Gasteiger partial charge in [0.25, 0.3) is 5.91 Å². The molecule has 2 aromatic carbocycles. The third-order valence-electron chi connectivity index (χ3n) is 3.19. The number of fused-ring (bicyclic) bond motifs is 1. The van der Waals surface area contributed by atoms with Crippen LogP contribution in [0.25, 0.3) is 10.9 Å². The monoisotopic (exact) mass is 268 g/mol. The molecule has 0 aliphatic rings. The van der Waals surface area contributed by atoms with Crippen molar-refractivity contribution in [2.75, 3.05) is 5.32 Å². The predicted octanol–water partition coefficient (Wildman–Crippen LogP) is 3.87. The lowest BCUT2D eigenvalue weighted by atomic mass is 10.1. The molecule has 3 nitrogen and oxygen atoms in total. The van der Waals surface area contributed by atoms with E-state index in [9.17, 15) is 9.18 Å². The molecule has 100 valence electrons. The normalized spacial score (nSPS) is 10.7. The first-order valence-electron chi connectivity index (χ1n) is 6.28. The smallest absolute Gasteiger partial charge is 0.255 e. The van der Waals surface area contributed by atoms with E-state index >= 15 is 0 Å². The molecule has 0 radical (unpaired) electrons. The topological polar surface area (TPSA) is 44.9 Å². The van der Waals surface area contributed by atoms with Gasteiger partial charge in [-0.15, -0.1) is 0 Å². The molecule has 0 atom stereocenters. The fourth-order valence-electron chi connectivity index (χ4n) is 2.11. The van der Waals surface area contributed by atoms with Gasteiger partial charge in [0.2, 0.25) is 0 Å². The van der Waals surface area contributed by atoms with Crippen LogP contribution in [0.2, 0.25) is 0 Å². The van der Waals surface area contributed by atoms with E-state index in [4.69, 9.17) is 0 Å². The molecule has 20 heavy (non-hydrogen) atoms. The van der Waals surface area contributed by atoms with Gasteiger partial charge in [-0.25, -0.2) is 4.39 Å². The summed E-state index contributed by atoms with van der Waals surface area (Å²) in [5, 5.41) is 3.53. The zero-order chi connectivity index (χ0) is 14.1. The first-order valence-corrected chi connectivity index (χ1v) is 6.28. The molecule has 0 saturated carbocycles. The lowest BCUT2D eigenvalue weighted by Gasteiger charge is -2.07. The van der Waals surface area contributed by atoms with E-state index in [0.29, 0.717) is 5.56 Å². The second-order valence-electron chi connectivity index (χ2n) is 4.72. The molecule has 3 rings (SSSR count). The second kappa shape index (κ2) is 4.81. The lowest BCUT2D eigenvalue weighted by molar-refractivity contribution is 0.102. The summed E-state index contributed by atoms with van der Waals surface area (Å²) in [5.41, 5.74) is 2.46. The number of carbonyl (C=O) groups excluding carboxylic acids is 1. The van der Waals surface area contributed by atoms with E-state index in [1.54, 1.807) is 31.2 Å². The van der Waals surface area contributed by atoms with Crippen LogP contribution < -0.4 is 5.32 Å². The van der Waals surface area contributed by atoms with Crippen molar-refractivity contribution in [3.05, 3.63) is 65.6 Å². The van der Waals surface area contributed by atoms with Gasteiger partial charge in [-0.2, -0.15) is 0 Å². The van der Waals surface area contributed by atoms with Crippen LogP contribution in [0.1, 0.15) is 15.9 Å². The van der Waals surface area contributed by atoms with Crippen molar-refractivity contribution in [2.45, 2.75) is 6.92 Å². The molecule has 1 amide bonds. The Morgan fingerprint density at radius 2 is 2.00 bits per heavy atom. The van der Waals surface area contributed by atoms with Gasteiger partial charge < -0.3 is 10.3 Å². The summed E-state index contributed by atoms with van der Waals surface area (Å²) in [6.07, 6.45) is 1.81. The van der Waals surface area contributed by atoms with Crippen molar-refractivity contribution >= 4 is 22.5 Å². The highest BCUT2D eigenvalue weighted by Crippen LogP contribution is 2.18. The van der Waals surface area contributed by atoms with Crippen LogP contribution in [-0.2, 0) is 0 Å². The van der Waals surface area contributed by atoms with E-state index in [1.165, 1.54) is 6.07 Å². The number of benzene rings is 2. The summed E-state index contributed by atoms with van der Waals surface area (Å²) >= 11 is 0. The van der Waals surface area contributed by atoms with E-state index in [2.05, 4.69) is 10.3 Å². The number of amides is 1. The number of aryl methyl sites for hydroxylation is 1. The zero-order valence-electron chi connectivity index (χ0n) is 10.9. The van der Waals surface area contributed by atoms with Gasteiger partial charge in [-0.3, -0.25) is 4.79 Å². The maximum Gasteiger partial charge on any atom is 0.255 e. The Balaban J connectivity index is 1.88. The minimum Gasteiger partial charge on any atom is -0.361 e. The third kappa shape index (κ3) is 2.28. The van der Waals surface area contributed by atoms with Crippen LogP contribution in [0.5, 0.6) is 0 Å². The van der Waals surface area contributed by atoms with Crippen LogP contribution in [-0.4, -0.2) is 10.9 Å². The summed E-state index contributed by atoms with van der Waals surface area (Å²) in [6.45, 7) is 1.80. The summed E-state index contributed by atoms with van der Waals surface area (Å²) in [5.74, 6) is -0.753. The van der Waals surface area contributed by atoms with Crippen molar-refractivity contribution in [1.29, 1.82) is 0 Å². The van der Waals surface area contributed by atoms with Crippen LogP contribution in [0.15, 0.2) is 48.7 Å². The molecular formula is C16H13FN2O. The molecule has 0 fully saturated rings. The number of hydrogen-bond acceptors (Lipinski definition) is 1. The fraction of sp³-hybridized carbons (Fsp3) is 0.0625. The van der Waals surface area contributed by atoms with Gasteiger partial charge in [-0.05, 0) is 48.9 Å². The molecule has 3 aromatic rings. The number of carbonyl (C=O) groups is 1. The van der Waals surface area contributed by atoms with E-state index in [0.717, 1.165) is 16.5 Å². The van der Waals surface area contributed by atoms with Crippen molar-refractivity contribution in [1.82, 2.24) is 4.98 Å². The molecule has 0 unspecified atom stereocenters. The minimum absolute atomic E-state index is 0.190. The number of anilines is 1.